The molecule has 1 N–H and O–H groups in total. The van der Waals surface area contributed by atoms with Gasteiger partial charge in [-0.25, -0.2) is 0 Å². The molecule has 0 radical (unpaired) electrons. The molecule has 1 heterocycles. The van der Waals surface area contributed by atoms with Crippen LogP contribution in [0.3, 0.4) is 0 Å². The summed E-state index contributed by atoms with van der Waals surface area (Å²) in [6, 6.07) is 0. The minimum atomic E-state index is 1.22. The van der Waals surface area contributed by atoms with Crippen LogP contribution in [0.25, 0.3) is 0 Å². The second-order valence-corrected chi connectivity index (χ2v) is 1.35. The molecule has 2 heteroatoms. The predicted octanol–water partition coefficient (Wildman–Crippen LogP) is 0.661. The molecule has 0 atom stereocenters. The molecule has 0 aliphatic heterocycles. The van der Waals surface area contributed by atoms with Crippen molar-refractivity contribution in [3.63, 3.8) is 0 Å². The number of aryl methyl sites for hydroxylation is 1. The Labute approximate surface area is 37.6 Å². The fourth-order valence-corrected chi connectivity index (χ4v) is 0.420. The van der Waals surface area contributed by atoms with Gasteiger partial charge in [-0.05, 0) is 0 Å². The van der Waals surface area contributed by atoms with Gasteiger partial charge in [0, 0.05) is 0 Å². The first-order valence-electron chi connectivity index (χ1n) is 1.99. The van der Waals surface area contributed by atoms with E-state index in [2.05, 4.69) is 4.98 Å². The molecule has 0 aliphatic rings. The van der Waals surface area contributed by atoms with Gasteiger partial charge < -0.3 is 0 Å². The normalized spacial score (nSPS) is 8.17. The Kier molecular flexibility index (Phi) is 0.786. The van der Waals surface area contributed by atoms with Gasteiger partial charge in [-0.15, -0.1) is 0 Å². The first-order chi connectivity index (χ1) is 2.89. The average Bonchev–Trinajstić information content (AvgIpc) is 1.86. The Bertz CT molecular complexity index is 111. The molecular weight excluding hydrogens is 72.9 g/mol. The quantitative estimate of drug-likeness (QED) is 0.470. The molecule has 0 fully saturated rings. The van der Waals surface area contributed by atoms with Crippen LogP contribution in [0.4, 0.5) is 0 Å². The van der Waals surface area contributed by atoms with Crippen molar-refractivity contribution in [2.45, 2.75) is 6.92 Å². The number of hydrogen-bond acceptors (Lipinski definition) is 0. The fourth-order valence-electron chi connectivity index (χ4n) is 0.420. The van der Waals surface area contributed by atoms with E-state index in [0.29, 0.717) is 0 Å². The summed E-state index contributed by atoms with van der Waals surface area (Å²) >= 11 is 0. The monoisotopic (exact) mass is 79.1 g/mol. The summed E-state index contributed by atoms with van der Waals surface area (Å²) in [6.45, 7) is 4.06. The van der Waals surface area contributed by atoms with Crippen LogP contribution in [0.5, 0.6) is 0 Å². The van der Waals surface area contributed by atoms with Crippen molar-refractivity contribution in [1.29, 1.82) is 0 Å². The SMILES string of the molecule is Cc1bcc[nH]1. The minimum absolute atomic E-state index is 1.22. The number of aromatic amines is 1. The Hall–Kier alpha value is -0.525. The number of H-pyrrole nitrogens is 1. The van der Waals surface area contributed by atoms with Crippen molar-refractivity contribution in [3.8, 4) is 0 Å². The molecule has 0 amide bonds. The van der Waals surface area contributed by atoms with Crippen molar-refractivity contribution < 1.29 is 0 Å². The van der Waals surface area contributed by atoms with E-state index in [9.17, 15) is 0 Å². The summed E-state index contributed by atoms with van der Waals surface area (Å²) in [6.07, 6.45) is 1.91. The zero-order valence-corrected chi connectivity index (χ0v) is 3.73. The van der Waals surface area contributed by atoms with Gasteiger partial charge in [0.2, 0.25) is 0 Å². The molecule has 6 heavy (non-hydrogen) atoms. The van der Waals surface area contributed by atoms with Gasteiger partial charge in [0.25, 0.3) is 0 Å². The number of hydrogen-bond donors (Lipinski definition) is 1. The summed E-state index contributed by atoms with van der Waals surface area (Å²) in [4.78, 5) is 3.00. The molecule has 0 bridgehead atoms. The molecule has 0 saturated carbocycles. The molecule has 30 valence electrons. The molecule has 0 unspecified atom stereocenters. The Morgan fingerprint density at radius 3 is 2.83 bits per heavy atom. The summed E-state index contributed by atoms with van der Waals surface area (Å²) in [5, 5.41) is 0. The average molecular weight is 78.9 g/mol. The van der Waals surface area contributed by atoms with E-state index in [1.54, 1.807) is 0 Å². The van der Waals surface area contributed by atoms with Gasteiger partial charge in [-0.3, -0.25) is 0 Å². The topological polar surface area (TPSA) is 15.8 Å². The van der Waals surface area contributed by atoms with Gasteiger partial charge in [0.05, 0.1) is 0 Å². The summed E-state index contributed by atoms with van der Waals surface area (Å²) in [5.74, 6) is 1.98. The van der Waals surface area contributed by atoms with E-state index in [4.69, 9.17) is 0 Å². The predicted molar refractivity (Wildman–Crippen MR) is 26.9 cm³/mol. The second kappa shape index (κ2) is 1.29. The van der Waals surface area contributed by atoms with Crippen LogP contribution in [-0.2, 0) is 0 Å². The molecule has 0 spiro atoms. The maximum atomic E-state index is 3.00. The van der Waals surface area contributed by atoms with E-state index in [1.807, 2.05) is 26.0 Å². The van der Waals surface area contributed by atoms with Crippen LogP contribution in [0.1, 0.15) is 5.59 Å². The van der Waals surface area contributed by atoms with Crippen molar-refractivity contribution in [1.82, 2.24) is 4.98 Å². The number of rotatable bonds is 0. The third kappa shape index (κ3) is 0.508. The van der Waals surface area contributed by atoms with Crippen LogP contribution in [-0.4, -0.2) is 11.9 Å². The van der Waals surface area contributed by atoms with Gasteiger partial charge in [0.1, 0.15) is 0 Å². The standard InChI is InChI=1S/C4H6BN/c1-4-5-2-3-6-4/h2-3,6H,1H3. The molecule has 0 aliphatic carbocycles. The molecule has 0 aromatic carbocycles. The number of aromatic nitrogens is 1. The fraction of sp³-hybridized carbons (Fsp3) is 0.250. The van der Waals surface area contributed by atoms with Gasteiger partial charge in [-0.2, -0.15) is 0 Å². The van der Waals surface area contributed by atoms with E-state index >= 15 is 0 Å². The first-order valence-corrected chi connectivity index (χ1v) is 1.99. The molecule has 0 saturated heterocycles. The first kappa shape index (κ1) is 3.66. The molecular formula is C4H6BN. The van der Waals surface area contributed by atoms with Crippen LogP contribution < -0.4 is 0 Å². The van der Waals surface area contributed by atoms with Crippen molar-refractivity contribution in [3.05, 3.63) is 17.7 Å². The van der Waals surface area contributed by atoms with Gasteiger partial charge >= 0.3 is 36.6 Å². The summed E-state index contributed by atoms with van der Waals surface area (Å²) in [5.41, 5.74) is 1.22. The maximum absolute atomic E-state index is 3.00. The van der Waals surface area contributed by atoms with Gasteiger partial charge in [-0.1, -0.05) is 0 Å². The second-order valence-electron chi connectivity index (χ2n) is 1.35. The molecule has 1 nitrogen and oxygen atoms in total. The van der Waals surface area contributed by atoms with Crippen LogP contribution in [0, 0.1) is 6.92 Å². The third-order valence-corrected chi connectivity index (χ3v) is 0.753. The van der Waals surface area contributed by atoms with E-state index in [1.165, 1.54) is 5.59 Å². The zero-order chi connectivity index (χ0) is 4.41. The Balaban J connectivity index is 3.05. The zero-order valence-electron chi connectivity index (χ0n) is 3.73. The van der Waals surface area contributed by atoms with E-state index < -0.39 is 0 Å². The van der Waals surface area contributed by atoms with Crippen LogP contribution in [0.2, 0.25) is 0 Å². The third-order valence-electron chi connectivity index (χ3n) is 0.753. The Morgan fingerprint density at radius 1 is 1.83 bits per heavy atom. The molecule has 1 aromatic heterocycles. The molecule has 1 rings (SSSR count). The van der Waals surface area contributed by atoms with E-state index in [-0.39, 0.29) is 0 Å². The summed E-state index contributed by atoms with van der Waals surface area (Å²) in [7, 11) is 0. The van der Waals surface area contributed by atoms with Crippen molar-refractivity contribution in [2.75, 3.05) is 0 Å². The number of nitrogens with one attached hydrogen (secondary N) is 1. The van der Waals surface area contributed by atoms with Gasteiger partial charge in [0.15, 0.2) is 0 Å². The van der Waals surface area contributed by atoms with Crippen molar-refractivity contribution >= 4 is 6.91 Å². The molecule has 1 aromatic rings. The van der Waals surface area contributed by atoms with E-state index in [0.717, 1.165) is 0 Å². The van der Waals surface area contributed by atoms with Crippen molar-refractivity contribution in [2.24, 2.45) is 0 Å². The van der Waals surface area contributed by atoms with Crippen LogP contribution >= 0.6 is 0 Å². The Morgan fingerprint density at radius 2 is 2.67 bits per heavy atom. The summed E-state index contributed by atoms with van der Waals surface area (Å²) < 4.78 is 0. The van der Waals surface area contributed by atoms with Crippen LogP contribution in [0.15, 0.2) is 12.2 Å².